The van der Waals surface area contributed by atoms with Crippen LogP contribution in [0, 0.1) is 5.82 Å². The van der Waals surface area contributed by atoms with Gasteiger partial charge in [0.1, 0.15) is 17.5 Å². The largest absolute Gasteiger partial charge is 0.444 e. The summed E-state index contributed by atoms with van der Waals surface area (Å²) in [6.45, 7) is 4.00. The number of nitrogens with one attached hydrogen (secondary N) is 2. The minimum Gasteiger partial charge on any atom is -0.444 e. The maximum Gasteiger partial charge on any atom is 0.433 e. The van der Waals surface area contributed by atoms with E-state index in [2.05, 4.69) is 25.9 Å². The normalized spacial score (nSPS) is 12.6. The van der Waals surface area contributed by atoms with Crippen molar-refractivity contribution in [3.63, 3.8) is 0 Å². The van der Waals surface area contributed by atoms with Gasteiger partial charge in [0, 0.05) is 12.7 Å². The lowest BCUT2D eigenvalue weighted by atomic mass is 10.2. The van der Waals surface area contributed by atoms with Crippen molar-refractivity contribution in [3.8, 4) is 0 Å². The Morgan fingerprint density at radius 3 is 2.55 bits per heavy atom. The van der Waals surface area contributed by atoms with Crippen molar-refractivity contribution in [3.05, 3.63) is 69.9 Å². The van der Waals surface area contributed by atoms with Crippen LogP contribution in [0.4, 0.5) is 32.4 Å². The van der Waals surface area contributed by atoms with Crippen molar-refractivity contribution in [2.45, 2.75) is 64.8 Å². The fourth-order valence-corrected chi connectivity index (χ4v) is 3.30. The Bertz CT molecular complexity index is 1420. The summed E-state index contributed by atoms with van der Waals surface area (Å²) in [5, 5.41) is 11.8. The second-order valence-electron chi connectivity index (χ2n) is 9.58. The summed E-state index contributed by atoms with van der Waals surface area (Å²) >= 11 is 0. The molecule has 0 aliphatic heterocycles. The van der Waals surface area contributed by atoms with Crippen LogP contribution in [-0.4, -0.2) is 48.3 Å². The molecule has 0 saturated heterocycles. The van der Waals surface area contributed by atoms with E-state index >= 15 is 0 Å². The molecule has 2 N–H and O–H groups in total. The lowest BCUT2D eigenvalue weighted by Gasteiger charge is -2.20. The summed E-state index contributed by atoms with van der Waals surface area (Å²) < 4.78 is 74.3. The third-order valence-electron chi connectivity index (χ3n) is 5.11. The molecule has 0 aliphatic carbocycles. The summed E-state index contributed by atoms with van der Waals surface area (Å²) in [5.74, 6) is -2.00. The predicted molar refractivity (Wildman–Crippen MR) is 130 cm³/mol. The number of alkyl halides is 4. The van der Waals surface area contributed by atoms with E-state index in [1.54, 1.807) is 20.8 Å². The molecule has 3 aromatic heterocycles. The molecule has 0 spiro atoms. The van der Waals surface area contributed by atoms with E-state index in [-0.39, 0.29) is 43.1 Å². The van der Waals surface area contributed by atoms with Crippen LogP contribution in [0.5, 0.6) is 0 Å². The van der Waals surface area contributed by atoms with Gasteiger partial charge in [0.15, 0.2) is 5.69 Å². The Morgan fingerprint density at radius 2 is 1.88 bits per heavy atom. The first-order valence-electron chi connectivity index (χ1n) is 11.9. The third-order valence-corrected chi connectivity index (χ3v) is 5.11. The summed E-state index contributed by atoms with van der Waals surface area (Å²) in [7, 11) is 0. The molecule has 11 nitrogen and oxygen atoms in total. The van der Waals surface area contributed by atoms with Crippen LogP contribution in [0.15, 0.2) is 41.5 Å². The van der Waals surface area contributed by atoms with E-state index in [1.807, 2.05) is 0 Å². The quantitative estimate of drug-likeness (QED) is 0.374. The number of aryl methyl sites for hydroxylation is 1. The predicted octanol–water partition coefficient (Wildman–Crippen LogP) is 3.70. The van der Waals surface area contributed by atoms with Gasteiger partial charge < -0.3 is 14.6 Å². The van der Waals surface area contributed by atoms with Gasteiger partial charge in [-0.1, -0.05) is 11.3 Å². The maximum atomic E-state index is 14.6. The topological polar surface area (TPSA) is 133 Å². The first-order valence-corrected chi connectivity index (χ1v) is 11.9. The van der Waals surface area contributed by atoms with Crippen molar-refractivity contribution in [2.75, 3.05) is 5.32 Å². The number of ether oxygens (including phenoxy) is 1. The van der Waals surface area contributed by atoms with Crippen molar-refractivity contribution < 1.29 is 36.3 Å². The number of hydrogen-bond acceptors (Lipinski definition) is 7. The van der Waals surface area contributed by atoms with Crippen LogP contribution in [0.2, 0.25) is 0 Å². The second kappa shape index (κ2) is 12.2. The maximum absolute atomic E-state index is 14.6. The number of hydrogen-bond donors (Lipinski definition) is 2. The van der Waals surface area contributed by atoms with E-state index in [9.17, 15) is 36.3 Å². The molecule has 1 unspecified atom stereocenters. The van der Waals surface area contributed by atoms with Gasteiger partial charge in [0.25, 0.3) is 11.5 Å². The molecule has 3 aromatic rings. The molecule has 0 aliphatic rings. The molecule has 3 heterocycles. The Hall–Kier alpha value is -4.37. The van der Waals surface area contributed by atoms with Crippen LogP contribution < -0.4 is 16.2 Å². The highest BCUT2D eigenvalue weighted by Crippen LogP contribution is 2.27. The molecule has 0 bridgehead atoms. The number of anilines is 1. The second-order valence-corrected chi connectivity index (χ2v) is 9.58. The molecular formula is C24H26F5N7O4. The number of carbonyl (C=O) groups excluding carboxylic acids is 2. The van der Waals surface area contributed by atoms with E-state index < -0.39 is 47.0 Å². The van der Waals surface area contributed by atoms with Gasteiger partial charge in [-0.3, -0.25) is 14.9 Å². The van der Waals surface area contributed by atoms with Gasteiger partial charge in [0.2, 0.25) is 5.82 Å². The monoisotopic (exact) mass is 571 g/mol. The standard InChI is InChI=1S/C24H26F5N7O4/c1-23(2,3)40-22(39)32-16-8-10-35(21(38)19(16)26)9-7-14(25)12-36-13-17(33-34-36)20(37)30-11-15-5-4-6-18(31-15)24(27,28)29/h4-6,8,10,13-14H,7,9,11-12H2,1-3H3,(H,30,37)(H,32,39). The van der Waals surface area contributed by atoms with Crippen LogP contribution in [-0.2, 0) is 30.5 Å². The SMILES string of the molecule is CC(C)(C)OC(=O)Nc1ccn(CCC(F)Cn2cc(C(=O)NCc3cccc(C(F)(F)F)n3)nn2)c(=O)c1F. The van der Waals surface area contributed by atoms with Crippen LogP contribution in [0.3, 0.4) is 0 Å². The zero-order valence-corrected chi connectivity index (χ0v) is 21.6. The number of halogens is 5. The van der Waals surface area contributed by atoms with E-state index in [0.29, 0.717) is 0 Å². The van der Waals surface area contributed by atoms with E-state index in [4.69, 9.17) is 4.74 Å². The molecule has 2 amide bonds. The lowest BCUT2D eigenvalue weighted by molar-refractivity contribution is -0.141. The lowest BCUT2D eigenvalue weighted by Crippen LogP contribution is -2.30. The summed E-state index contributed by atoms with van der Waals surface area (Å²) in [6, 6.07) is 4.41. The van der Waals surface area contributed by atoms with Crippen molar-refractivity contribution in [1.29, 1.82) is 0 Å². The first-order chi connectivity index (χ1) is 18.6. The number of rotatable bonds is 9. The summed E-state index contributed by atoms with van der Waals surface area (Å²) in [6.07, 6.45) is -5.02. The fraction of sp³-hybridized carbons (Fsp3) is 0.417. The average Bonchev–Trinajstić information content (AvgIpc) is 3.32. The molecule has 1 atom stereocenters. The van der Waals surface area contributed by atoms with Crippen LogP contribution in [0.1, 0.15) is 49.1 Å². The molecule has 3 rings (SSSR count). The zero-order valence-electron chi connectivity index (χ0n) is 21.6. The van der Waals surface area contributed by atoms with Crippen molar-refractivity contribution in [2.24, 2.45) is 0 Å². The molecule has 216 valence electrons. The average molecular weight is 572 g/mol. The Kier molecular flexibility index (Phi) is 9.21. The molecule has 16 heteroatoms. The Morgan fingerprint density at radius 1 is 1.15 bits per heavy atom. The molecule has 0 fully saturated rings. The fourth-order valence-electron chi connectivity index (χ4n) is 3.30. The smallest absolute Gasteiger partial charge is 0.433 e. The third kappa shape index (κ3) is 8.57. The van der Waals surface area contributed by atoms with Gasteiger partial charge in [0.05, 0.1) is 30.7 Å². The van der Waals surface area contributed by atoms with Crippen LogP contribution in [0.25, 0.3) is 0 Å². The first kappa shape index (κ1) is 30.2. The molecule has 0 radical (unpaired) electrons. The minimum atomic E-state index is -4.63. The highest BCUT2D eigenvalue weighted by molar-refractivity contribution is 5.91. The number of carbonyl (C=O) groups is 2. The van der Waals surface area contributed by atoms with Gasteiger partial charge >= 0.3 is 12.3 Å². The molecule has 0 saturated carbocycles. The highest BCUT2D eigenvalue weighted by atomic mass is 19.4. The molecule has 0 aromatic carbocycles. The van der Waals surface area contributed by atoms with Gasteiger partial charge in [-0.2, -0.15) is 17.6 Å². The summed E-state index contributed by atoms with van der Waals surface area (Å²) in [4.78, 5) is 39.8. The Balaban J connectivity index is 1.51. The van der Waals surface area contributed by atoms with Gasteiger partial charge in [-0.05, 0) is 45.4 Å². The van der Waals surface area contributed by atoms with Gasteiger partial charge in [-0.25, -0.2) is 18.9 Å². The van der Waals surface area contributed by atoms with Crippen molar-refractivity contribution in [1.82, 2.24) is 29.9 Å². The number of pyridine rings is 2. The van der Waals surface area contributed by atoms with E-state index in [0.717, 1.165) is 33.6 Å². The van der Waals surface area contributed by atoms with E-state index in [1.165, 1.54) is 12.3 Å². The van der Waals surface area contributed by atoms with Crippen LogP contribution >= 0.6 is 0 Å². The Labute approximate surface area is 224 Å². The highest BCUT2D eigenvalue weighted by Gasteiger charge is 2.32. The molecule has 40 heavy (non-hydrogen) atoms. The number of aromatic nitrogens is 5. The molecular weight excluding hydrogens is 545 g/mol. The van der Waals surface area contributed by atoms with Crippen molar-refractivity contribution >= 4 is 17.7 Å². The zero-order chi connectivity index (χ0) is 29.7. The minimum absolute atomic E-state index is 0.0280. The number of amides is 2. The summed E-state index contributed by atoms with van der Waals surface area (Å²) in [5.41, 5.74) is -3.62. The van der Waals surface area contributed by atoms with Gasteiger partial charge in [-0.15, -0.1) is 5.10 Å². The number of nitrogens with zero attached hydrogens (tertiary/aromatic N) is 5.